The number of aryl methyl sites for hydroxylation is 1. The molecule has 27 heavy (non-hydrogen) atoms. The van der Waals surface area contributed by atoms with Gasteiger partial charge in [0.15, 0.2) is 0 Å². The number of carbonyl (C=O) groups excluding carboxylic acids is 1. The summed E-state index contributed by atoms with van der Waals surface area (Å²) in [4.78, 5) is 18.5. The number of rotatable bonds is 3. The summed E-state index contributed by atoms with van der Waals surface area (Å²) >= 11 is 0. The number of nitrogens with two attached hydrogens (primary N) is 1. The van der Waals surface area contributed by atoms with Crippen LogP contribution in [0.2, 0.25) is 0 Å². The zero-order valence-corrected chi connectivity index (χ0v) is 16.0. The van der Waals surface area contributed by atoms with Crippen LogP contribution in [0.5, 0.6) is 0 Å². The molecule has 150 valence electrons. The summed E-state index contributed by atoms with van der Waals surface area (Å²) in [5.41, 5.74) is 7.44. The third-order valence-electron chi connectivity index (χ3n) is 5.00. The van der Waals surface area contributed by atoms with Gasteiger partial charge in [-0.1, -0.05) is 6.07 Å². The second-order valence-corrected chi connectivity index (χ2v) is 8.43. The lowest BCUT2D eigenvalue weighted by Crippen LogP contribution is -2.44. The quantitative estimate of drug-likeness (QED) is 0.840. The third kappa shape index (κ3) is 4.86. The number of pyridine rings is 1. The SMILES string of the molecule is CC(C)(C)OC(=O)NC1CN(c2ccc3c(n2)CC[C@H](N)C3)CC1C(F)F. The second kappa shape index (κ2) is 7.58. The lowest BCUT2D eigenvalue weighted by atomic mass is 9.92. The largest absolute Gasteiger partial charge is 0.444 e. The van der Waals surface area contributed by atoms with Crippen molar-refractivity contribution in [3.8, 4) is 0 Å². The summed E-state index contributed by atoms with van der Waals surface area (Å²) in [6, 6.07) is 3.31. The van der Waals surface area contributed by atoms with E-state index in [0.717, 1.165) is 30.5 Å². The molecule has 3 rings (SSSR count). The Morgan fingerprint density at radius 1 is 1.37 bits per heavy atom. The van der Waals surface area contributed by atoms with Gasteiger partial charge >= 0.3 is 6.09 Å². The van der Waals surface area contributed by atoms with E-state index in [1.54, 1.807) is 20.8 Å². The molecule has 0 saturated carbocycles. The molecule has 1 fully saturated rings. The fraction of sp³-hybridized carbons (Fsp3) is 0.684. The van der Waals surface area contributed by atoms with E-state index in [0.29, 0.717) is 5.82 Å². The van der Waals surface area contributed by atoms with Crippen molar-refractivity contribution >= 4 is 11.9 Å². The molecule has 1 amide bonds. The average molecular weight is 382 g/mol. The van der Waals surface area contributed by atoms with E-state index in [1.165, 1.54) is 0 Å². The number of fused-ring (bicyclic) bond motifs is 1. The Balaban J connectivity index is 1.72. The normalized spacial score (nSPS) is 25.4. The lowest BCUT2D eigenvalue weighted by molar-refractivity contribution is 0.0410. The van der Waals surface area contributed by atoms with Crippen molar-refractivity contribution in [3.05, 3.63) is 23.4 Å². The van der Waals surface area contributed by atoms with Gasteiger partial charge in [0.2, 0.25) is 6.43 Å². The third-order valence-corrected chi connectivity index (χ3v) is 5.00. The highest BCUT2D eigenvalue weighted by molar-refractivity contribution is 5.68. The van der Waals surface area contributed by atoms with Crippen LogP contribution in [0.25, 0.3) is 0 Å². The molecule has 3 N–H and O–H groups in total. The standard InChI is InChI=1S/C19H28F2N4O2/c1-19(2,3)27-18(26)24-15-10-25(9-13(15)17(20)21)16-7-4-11-8-12(22)5-6-14(11)23-16/h4,7,12-13,15,17H,5-6,8-10,22H2,1-3H3,(H,24,26)/t12-,13?,15?/m0/s1. The minimum absolute atomic E-state index is 0.142. The number of ether oxygens (including phenoxy) is 1. The van der Waals surface area contributed by atoms with Crippen molar-refractivity contribution in [1.29, 1.82) is 0 Å². The van der Waals surface area contributed by atoms with Gasteiger partial charge in [-0.05, 0) is 51.7 Å². The van der Waals surface area contributed by atoms with Crippen molar-refractivity contribution < 1.29 is 18.3 Å². The number of halogens is 2. The van der Waals surface area contributed by atoms with E-state index in [1.807, 2.05) is 17.0 Å². The van der Waals surface area contributed by atoms with Crippen molar-refractivity contribution in [1.82, 2.24) is 10.3 Å². The van der Waals surface area contributed by atoms with E-state index < -0.39 is 30.1 Å². The van der Waals surface area contributed by atoms with Gasteiger partial charge < -0.3 is 20.7 Å². The van der Waals surface area contributed by atoms with Crippen molar-refractivity contribution in [2.24, 2.45) is 11.7 Å². The predicted octanol–water partition coefficient (Wildman–Crippen LogP) is 2.49. The number of anilines is 1. The van der Waals surface area contributed by atoms with E-state index in [2.05, 4.69) is 10.3 Å². The van der Waals surface area contributed by atoms with Gasteiger partial charge in [-0.3, -0.25) is 0 Å². The van der Waals surface area contributed by atoms with Crippen molar-refractivity contribution in [2.45, 2.75) is 64.1 Å². The lowest BCUT2D eigenvalue weighted by Gasteiger charge is -2.24. The summed E-state index contributed by atoms with van der Waals surface area (Å²) < 4.78 is 32.3. The van der Waals surface area contributed by atoms with E-state index in [-0.39, 0.29) is 19.1 Å². The number of aromatic nitrogens is 1. The maximum Gasteiger partial charge on any atom is 0.407 e. The molecule has 1 aliphatic heterocycles. The van der Waals surface area contributed by atoms with Crippen molar-refractivity contribution in [3.63, 3.8) is 0 Å². The number of amides is 1. The first-order chi connectivity index (χ1) is 12.6. The minimum Gasteiger partial charge on any atom is -0.444 e. The van der Waals surface area contributed by atoms with Crippen LogP contribution in [0.15, 0.2) is 12.1 Å². The molecule has 0 radical (unpaired) electrons. The minimum atomic E-state index is -2.54. The van der Waals surface area contributed by atoms with Crippen LogP contribution >= 0.6 is 0 Å². The number of alkyl carbamates (subject to hydrolysis) is 1. The zero-order valence-electron chi connectivity index (χ0n) is 16.0. The highest BCUT2D eigenvalue weighted by atomic mass is 19.3. The fourth-order valence-corrected chi connectivity index (χ4v) is 3.69. The molecule has 6 nitrogen and oxygen atoms in total. The van der Waals surface area contributed by atoms with Crippen LogP contribution in [0.1, 0.15) is 38.4 Å². The highest BCUT2D eigenvalue weighted by Crippen LogP contribution is 2.29. The molecule has 1 aromatic rings. The van der Waals surface area contributed by atoms with Crippen LogP contribution in [0.4, 0.5) is 19.4 Å². The Labute approximate surface area is 158 Å². The molecular weight excluding hydrogens is 354 g/mol. The van der Waals surface area contributed by atoms with Crippen LogP contribution < -0.4 is 16.0 Å². The maximum atomic E-state index is 13.5. The molecule has 0 bridgehead atoms. The molecule has 1 aromatic heterocycles. The predicted molar refractivity (Wildman–Crippen MR) is 99.1 cm³/mol. The number of nitrogens with one attached hydrogen (secondary N) is 1. The van der Waals surface area contributed by atoms with E-state index >= 15 is 0 Å². The molecule has 8 heteroatoms. The molecular formula is C19H28F2N4O2. The molecule has 3 atom stereocenters. The molecule has 2 aliphatic rings. The Hall–Kier alpha value is -1.96. The summed E-state index contributed by atoms with van der Waals surface area (Å²) in [6.45, 7) is 5.63. The van der Waals surface area contributed by atoms with Crippen LogP contribution in [-0.4, -0.2) is 48.3 Å². The Kier molecular flexibility index (Phi) is 5.55. The Morgan fingerprint density at radius 2 is 2.11 bits per heavy atom. The molecule has 1 saturated heterocycles. The van der Waals surface area contributed by atoms with Gasteiger partial charge in [0.05, 0.1) is 12.0 Å². The zero-order chi connectivity index (χ0) is 19.8. The first-order valence-corrected chi connectivity index (χ1v) is 9.39. The van der Waals surface area contributed by atoms with Crippen LogP contribution in [0.3, 0.4) is 0 Å². The molecule has 2 unspecified atom stereocenters. The number of hydrogen-bond donors (Lipinski definition) is 2. The number of hydrogen-bond acceptors (Lipinski definition) is 5. The van der Waals surface area contributed by atoms with Crippen molar-refractivity contribution in [2.75, 3.05) is 18.0 Å². The molecule has 2 heterocycles. The Morgan fingerprint density at radius 3 is 2.78 bits per heavy atom. The number of alkyl halides is 2. The van der Waals surface area contributed by atoms with Gasteiger partial charge in [0.25, 0.3) is 0 Å². The van der Waals surface area contributed by atoms with Crippen LogP contribution in [-0.2, 0) is 17.6 Å². The average Bonchev–Trinajstić information content (AvgIpc) is 2.96. The fourth-order valence-electron chi connectivity index (χ4n) is 3.69. The first-order valence-electron chi connectivity index (χ1n) is 9.39. The molecule has 0 aromatic carbocycles. The Bertz CT molecular complexity index is 693. The number of nitrogens with zero attached hydrogens (tertiary/aromatic N) is 2. The molecule has 1 aliphatic carbocycles. The second-order valence-electron chi connectivity index (χ2n) is 8.43. The topological polar surface area (TPSA) is 80.5 Å². The summed E-state index contributed by atoms with van der Waals surface area (Å²) in [5, 5.41) is 2.61. The van der Waals surface area contributed by atoms with Gasteiger partial charge in [0, 0.05) is 24.8 Å². The maximum absolute atomic E-state index is 13.5. The highest BCUT2D eigenvalue weighted by Gasteiger charge is 2.40. The smallest absolute Gasteiger partial charge is 0.407 e. The van der Waals surface area contributed by atoms with Gasteiger partial charge in [-0.25, -0.2) is 18.6 Å². The molecule has 0 spiro atoms. The summed E-state index contributed by atoms with van der Waals surface area (Å²) in [7, 11) is 0. The van der Waals surface area contributed by atoms with E-state index in [9.17, 15) is 13.6 Å². The number of carbonyl (C=O) groups is 1. The first kappa shape index (κ1) is 19.8. The van der Waals surface area contributed by atoms with Crippen LogP contribution in [0, 0.1) is 5.92 Å². The van der Waals surface area contributed by atoms with Gasteiger partial charge in [0.1, 0.15) is 11.4 Å². The monoisotopic (exact) mass is 382 g/mol. The summed E-state index contributed by atoms with van der Waals surface area (Å²) in [5.74, 6) is -0.299. The van der Waals surface area contributed by atoms with Gasteiger partial charge in [-0.2, -0.15) is 0 Å². The van der Waals surface area contributed by atoms with E-state index in [4.69, 9.17) is 10.5 Å². The summed E-state index contributed by atoms with van der Waals surface area (Å²) in [6.07, 6.45) is -0.731. The van der Waals surface area contributed by atoms with Gasteiger partial charge in [-0.15, -0.1) is 0 Å².